The molecular formula is C11H18N2. The van der Waals surface area contributed by atoms with Gasteiger partial charge in [-0.05, 0) is 30.0 Å². The number of nitrogens with two attached hydrogens (primary N) is 2. The van der Waals surface area contributed by atoms with Crippen molar-refractivity contribution in [2.75, 3.05) is 5.73 Å². The van der Waals surface area contributed by atoms with Crippen molar-refractivity contribution in [2.45, 2.75) is 26.3 Å². The van der Waals surface area contributed by atoms with E-state index in [1.54, 1.807) is 0 Å². The van der Waals surface area contributed by atoms with Crippen molar-refractivity contribution in [1.82, 2.24) is 0 Å². The predicted molar refractivity (Wildman–Crippen MR) is 57.2 cm³/mol. The highest BCUT2D eigenvalue weighted by Crippen LogP contribution is 2.19. The molecule has 2 heteroatoms. The Balaban J connectivity index is 2.66. The van der Waals surface area contributed by atoms with Crippen LogP contribution in [0, 0.1) is 5.92 Å². The van der Waals surface area contributed by atoms with E-state index in [9.17, 15) is 0 Å². The summed E-state index contributed by atoms with van der Waals surface area (Å²) >= 11 is 0. The lowest BCUT2D eigenvalue weighted by atomic mass is 9.98. The molecule has 0 aliphatic carbocycles. The molecule has 0 amide bonds. The second-order valence-corrected chi connectivity index (χ2v) is 3.90. The first kappa shape index (κ1) is 10.1. The Kier molecular flexibility index (Phi) is 3.32. The minimum absolute atomic E-state index is 0.139. The van der Waals surface area contributed by atoms with Gasteiger partial charge in [-0.3, -0.25) is 0 Å². The van der Waals surface area contributed by atoms with Crippen LogP contribution in [0.5, 0.6) is 0 Å². The summed E-state index contributed by atoms with van der Waals surface area (Å²) in [7, 11) is 0. The fourth-order valence-corrected chi connectivity index (χ4v) is 1.39. The number of nitrogen functional groups attached to an aromatic ring is 1. The Labute approximate surface area is 79.9 Å². The van der Waals surface area contributed by atoms with Gasteiger partial charge in [0.05, 0.1) is 0 Å². The molecule has 0 fully saturated rings. The SMILES string of the molecule is CC(C)CC(N)c1ccc(N)cc1. The molecule has 0 spiro atoms. The number of rotatable bonds is 3. The van der Waals surface area contributed by atoms with Crippen LogP contribution in [-0.2, 0) is 0 Å². The molecule has 4 N–H and O–H groups in total. The van der Waals surface area contributed by atoms with Gasteiger partial charge in [0.2, 0.25) is 0 Å². The van der Waals surface area contributed by atoms with Gasteiger partial charge in [-0.2, -0.15) is 0 Å². The summed E-state index contributed by atoms with van der Waals surface area (Å²) in [4.78, 5) is 0. The molecule has 1 rings (SSSR count). The fourth-order valence-electron chi connectivity index (χ4n) is 1.39. The molecule has 0 bridgehead atoms. The molecule has 1 aromatic carbocycles. The average Bonchev–Trinajstić information content (AvgIpc) is 2.04. The Morgan fingerprint density at radius 2 is 1.69 bits per heavy atom. The zero-order valence-electron chi connectivity index (χ0n) is 8.33. The summed E-state index contributed by atoms with van der Waals surface area (Å²) in [6.07, 6.45) is 1.02. The van der Waals surface area contributed by atoms with Crippen LogP contribution in [0.2, 0.25) is 0 Å². The van der Waals surface area contributed by atoms with Gasteiger partial charge in [-0.25, -0.2) is 0 Å². The Bertz CT molecular complexity index is 251. The second-order valence-electron chi connectivity index (χ2n) is 3.90. The highest BCUT2D eigenvalue weighted by Gasteiger charge is 2.07. The van der Waals surface area contributed by atoms with Crippen molar-refractivity contribution in [2.24, 2.45) is 11.7 Å². The smallest absolute Gasteiger partial charge is 0.0314 e. The Morgan fingerprint density at radius 3 is 2.15 bits per heavy atom. The lowest BCUT2D eigenvalue weighted by molar-refractivity contribution is 0.510. The molecule has 1 aromatic rings. The minimum atomic E-state index is 0.139. The number of hydrogen-bond acceptors (Lipinski definition) is 2. The first-order valence-electron chi connectivity index (χ1n) is 4.70. The summed E-state index contributed by atoms with van der Waals surface area (Å²) in [6, 6.07) is 7.94. The van der Waals surface area contributed by atoms with E-state index < -0.39 is 0 Å². The lowest BCUT2D eigenvalue weighted by Gasteiger charge is -2.14. The number of hydrogen-bond donors (Lipinski definition) is 2. The van der Waals surface area contributed by atoms with Gasteiger partial charge in [0.1, 0.15) is 0 Å². The quantitative estimate of drug-likeness (QED) is 0.698. The molecule has 1 unspecified atom stereocenters. The first-order valence-corrected chi connectivity index (χ1v) is 4.70. The van der Waals surface area contributed by atoms with Gasteiger partial charge in [-0.15, -0.1) is 0 Å². The van der Waals surface area contributed by atoms with Gasteiger partial charge in [0.25, 0.3) is 0 Å². The van der Waals surface area contributed by atoms with Crippen molar-refractivity contribution < 1.29 is 0 Å². The van der Waals surface area contributed by atoms with Crippen LogP contribution in [0.3, 0.4) is 0 Å². The Hall–Kier alpha value is -1.02. The summed E-state index contributed by atoms with van der Waals surface area (Å²) in [6.45, 7) is 4.36. The maximum absolute atomic E-state index is 6.01. The average molecular weight is 178 g/mol. The summed E-state index contributed by atoms with van der Waals surface area (Å²) in [5.41, 5.74) is 13.6. The Morgan fingerprint density at radius 1 is 1.15 bits per heavy atom. The molecular weight excluding hydrogens is 160 g/mol. The van der Waals surface area contributed by atoms with E-state index in [4.69, 9.17) is 11.5 Å². The summed E-state index contributed by atoms with van der Waals surface area (Å²) < 4.78 is 0. The predicted octanol–water partition coefficient (Wildman–Crippen LogP) is 2.31. The van der Waals surface area contributed by atoms with Crippen LogP contribution >= 0.6 is 0 Å². The standard InChI is InChI=1S/C11H18N2/c1-8(2)7-11(13)9-3-5-10(12)6-4-9/h3-6,8,11H,7,12-13H2,1-2H3. The lowest BCUT2D eigenvalue weighted by Crippen LogP contribution is -2.12. The molecule has 13 heavy (non-hydrogen) atoms. The molecule has 1 atom stereocenters. The van der Waals surface area contributed by atoms with E-state index in [0.29, 0.717) is 5.92 Å². The van der Waals surface area contributed by atoms with Gasteiger partial charge in [0, 0.05) is 11.7 Å². The van der Waals surface area contributed by atoms with Crippen LogP contribution in [0.15, 0.2) is 24.3 Å². The maximum atomic E-state index is 6.01. The highest BCUT2D eigenvalue weighted by atomic mass is 14.6. The van der Waals surface area contributed by atoms with Gasteiger partial charge in [-0.1, -0.05) is 26.0 Å². The van der Waals surface area contributed by atoms with Crippen LogP contribution in [0.4, 0.5) is 5.69 Å². The molecule has 0 radical (unpaired) electrons. The zero-order valence-corrected chi connectivity index (χ0v) is 8.33. The number of benzene rings is 1. The van der Waals surface area contributed by atoms with E-state index >= 15 is 0 Å². The van der Waals surface area contributed by atoms with Crippen LogP contribution in [-0.4, -0.2) is 0 Å². The third kappa shape index (κ3) is 3.07. The van der Waals surface area contributed by atoms with Crippen LogP contribution in [0.25, 0.3) is 0 Å². The highest BCUT2D eigenvalue weighted by molar-refractivity contribution is 5.40. The molecule has 0 aliphatic heterocycles. The summed E-state index contributed by atoms with van der Waals surface area (Å²) in [5.74, 6) is 0.632. The molecule has 0 heterocycles. The molecule has 72 valence electrons. The third-order valence-corrected chi connectivity index (χ3v) is 2.09. The van der Waals surface area contributed by atoms with E-state index in [0.717, 1.165) is 12.1 Å². The number of anilines is 1. The molecule has 0 aromatic heterocycles. The van der Waals surface area contributed by atoms with Crippen LogP contribution < -0.4 is 11.5 Å². The zero-order chi connectivity index (χ0) is 9.84. The maximum Gasteiger partial charge on any atom is 0.0314 e. The normalized spacial score (nSPS) is 13.2. The van der Waals surface area contributed by atoms with Crippen molar-refractivity contribution >= 4 is 5.69 Å². The largest absolute Gasteiger partial charge is 0.399 e. The second kappa shape index (κ2) is 4.28. The molecule has 0 saturated carbocycles. The topological polar surface area (TPSA) is 52.0 Å². The van der Waals surface area contributed by atoms with Crippen molar-refractivity contribution in [3.8, 4) is 0 Å². The van der Waals surface area contributed by atoms with Gasteiger partial charge < -0.3 is 11.5 Å². The van der Waals surface area contributed by atoms with E-state index in [-0.39, 0.29) is 6.04 Å². The van der Waals surface area contributed by atoms with Gasteiger partial charge in [0.15, 0.2) is 0 Å². The van der Waals surface area contributed by atoms with E-state index in [2.05, 4.69) is 13.8 Å². The van der Waals surface area contributed by atoms with E-state index in [1.165, 1.54) is 5.56 Å². The van der Waals surface area contributed by atoms with E-state index in [1.807, 2.05) is 24.3 Å². The third-order valence-electron chi connectivity index (χ3n) is 2.09. The first-order chi connectivity index (χ1) is 6.09. The van der Waals surface area contributed by atoms with Crippen molar-refractivity contribution in [3.63, 3.8) is 0 Å². The fraction of sp³-hybridized carbons (Fsp3) is 0.455. The van der Waals surface area contributed by atoms with Crippen molar-refractivity contribution in [3.05, 3.63) is 29.8 Å². The monoisotopic (exact) mass is 178 g/mol. The molecule has 0 saturated heterocycles. The minimum Gasteiger partial charge on any atom is -0.399 e. The molecule has 2 nitrogen and oxygen atoms in total. The van der Waals surface area contributed by atoms with Crippen LogP contribution in [0.1, 0.15) is 31.9 Å². The summed E-state index contributed by atoms with van der Waals surface area (Å²) in [5, 5.41) is 0. The van der Waals surface area contributed by atoms with Gasteiger partial charge >= 0.3 is 0 Å². The van der Waals surface area contributed by atoms with Crippen molar-refractivity contribution in [1.29, 1.82) is 0 Å². The molecule has 0 aliphatic rings.